The highest BCUT2D eigenvalue weighted by atomic mass is 16.3. The highest BCUT2D eigenvalue weighted by molar-refractivity contribution is 4.90. The van der Waals surface area contributed by atoms with E-state index < -0.39 is 0 Å². The van der Waals surface area contributed by atoms with E-state index in [0.29, 0.717) is 5.54 Å². The van der Waals surface area contributed by atoms with Crippen molar-refractivity contribution in [1.29, 1.82) is 0 Å². The standard InChI is InChI=1S/C11H23NO/c1-10(2,9-13)8-12-7-5-6-11(12,3)4/h13H,5-9H2,1-4H3. The molecular weight excluding hydrogens is 162 g/mol. The molecule has 1 saturated heterocycles. The third-order valence-electron chi connectivity index (χ3n) is 3.12. The van der Waals surface area contributed by atoms with Gasteiger partial charge in [-0.15, -0.1) is 0 Å². The number of likely N-dealkylation sites (tertiary alicyclic amines) is 1. The van der Waals surface area contributed by atoms with Crippen molar-refractivity contribution in [1.82, 2.24) is 4.90 Å². The van der Waals surface area contributed by atoms with Crippen LogP contribution in [0, 0.1) is 5.41 Å². The average Bonchev–Trinajstić information content (AvgIpc) is 2.31. The van der Waals surface area contributed by atoms with Crippen LogP contribution >= 0.6 is 0 Å². The minimum absolute atomic E-state index is 0.0433. The van der Waals surface area contributed by atoms with E-state index in [-0.39, 0.29) is 12.0 Å². The third-order valence-corrected chi connectivity index (χ3v) is 3.12. The molecule has 0 atom stereocenters. The Balaban J connectivity index is 2.54. The van der Waals surface area contributed by atoms with Crippen LogP contribution in [0.15, 0.2) is 0 Å². The zero-order valence-corrected chi connectivity index (χ0v) is 9.43. The predicted octanol–water partition coefficient (Wildman–Crippen LogP) is 1.88. The van der Waals surface area contributed by atoms with Crippen LogP contribution < -0.4 is 0 Å². The summed E-state index contributed by atoms with van der Waals surface area (Å²) >= 11 is 0. The van der Waals surface area contributed by atoms with Crippen LogP contribution in [0.4, 0.5) is 0 Å². The molecule has 0 saturated carbocycles. The van der Waals surface area contributed by atoms with Crippen LogP contribution in [0.5, 0.6) is 0 Å². The van der Waals surface area contributed by atoms with Gasteiger partial charge in [0, 0.05) is 24.1 Å². The van der Waals surface area contributed by atoms with E-state index >= 15 is 0 Å². The summed E-state index contributed by atoms with van der Waals surface area (Å²) in [6.45, 7) is 11.3. The third kappa shape index (κ3) is 2.68. The van der Waals surface area contributed by atoms with Gasteiger partial charge in [0.15, 0.2) is 0 Å². The van der Waals surface area contributed by atoms with Crippen molar-refractivity contribution in [3.63, 3.8) is 0 Å². The number of nitrogens with zero attached hydrogens (tertiary/aromatic N) is 1. The fourth-order valence-corrected chi connectivity index (χ4v) is 2.02. The van der Waals surface area contributed by atoms with E-state index in [1.807, 2.05) is 0 Å². The summed E-state index contributed by atoms with van der Waals surface area (Å²) in [6, 6.07) is 0. The summed E-state index contributed by atoms with van der Waals surface area (Å²) in [6.07, 6.45) is 2.59. The van der Waals surface area contributed by atoms with Crippen molar-refractivity contribution in [2.45, 2.75) is 46.1 Å². The maximum Gasteiger partial charge on any atom is 0.0494 e. The normalized spacial score (nSPS) is 23.8. The van der Waals surface area contributed by atoms with Gasteiger partial charge in [0.2, 0.25) is 0 Å². The van der Waals surface area contributed by atoms with Crippen molar-refractivity contribution in [3.05, 3.63) is 0 Å². The summed E-state index contributed by atoms with van der Waals surface area (Å²) < 4.78 is 0. The zero-order chi connectivity index (χ0) is 10.1. The Morgan fingerprint density at radius 3 is 2.38 bits per heavy atom. The number of rotatable bonds is 3. The molecule has 1 heterocycles. The lowest BCUT2D eigenvalue weighted by molar-refractivity contribution is 0.0703. The van der Waals surface area contributed by atoms with Crippen LogP contribution in [0.1, 0.15) is 40.5 Å². The second kappa shape index (κ2) is 3.58. The minimum atomic E-state index is 0.0433. The molecule has 13 heavy (non-hydrogen) atoms. The van der Waals surface area contributed by atoms with E-state index in [4.69, 9.17) is 0 Å². The van der Waals surface area contributed by atoms with Gasteiger partial charge in [-0.25, -0.2) is 0 Å². The molecule has 0 unspecified atom stereocenters. The maximum atomic E-state index is 9.20. The zero-order valence-electron chi connectivity index (χ0n) is 9.43. The number of hydrogen-bond donors (Lipinski definition) is 1. The topological polar surface area (TPSA) is 23.5 Å². The van der Waals surface area contributed by atoms with E-state index in [0.717, 1.165) is 6.54 Å². The lowest BCUT2D eigenvalue weighted by Gasteiger charge is -2.37. The summed E-state index contributed by atoms with van der Waals surface area (Å²) in [5, 5.41) is 9.20. The smallest absolute Gasteiger partial charge is 0.0494 e. The SMILES string of the molecule is CC(C)(CO)CN1CCCC1(C)C. The molecule has 0 radical (unpaired) electrons. The van der Waals surface area contributed by atoms with Crippen molar-refractivity contribution >= 4 is 0 Å². The van der Waals surface area contributed by atoms with E-state index in [1.165, 1.54) is 19.4 Å². The lowest BCUT2D eigenvalue weighted by atomic mass is 9.92. The quantitative estimate of drug-likeness (QED) is 0.725. The van der Waals surface area contributed by atoms with Crippen molar-refractivity contribution in [2.24, 2.45) is 5.41 Å². The van der Waals surface area contributed by atoms with Crippen LogP contribution in [0.3, 0.4) is 0 Å². The van der Waals surface area contributed by atoms with Gasteiger partial charge in [0.05, 0.1) is 0 Å². The van der Waals surface area contributed by atoms with Crippen LogP contribution in [0.25, 0.3) is 0 Å². The first-order valence-corrected chi connectivity index (χ1v) is 5.23. The Hall–Kier alpha value is -0.0800. The van der Waals surface area contributed by atoms with Gasteiger partial charge in [-0.3, -0.25) is 4.90 Å². The van der Waals surface area contributed by atoms with Gasteiger partial charge in [-0.1, -0.05) is 13.8 Å². The molecule has 2 nitrogen and oxygen atoms in total. The molecular formula is C11H23NO. The number of aliphatic hydroxyl groups is 1. The lowest BCUT2D eigenvalue weighted by Crippen LogP contribution is -2.44. The highest BCUT2D eigenvalue weighted by Crippen LogP contribution is 2.31. The molecule has 1 fully saturated rings. The van der Waals surface area contributed by atoms with Gasteiger partial charge in [-0.05, 0) is 33.2 Å². The monoisotopic (exact) mass is 185 g/mol. The molecule has 78 valence electrons. The van der Waals surface area contributed by atoms with E-state index in [1.54, 1.807) is 0 Å². The van der Waals surface area contributed by atoms with Crippen LogP contribution in [0.2, 0.25) is 0 Å². The molecule has 0 amide bonds. The first-order chi connectivity index (χ1) is 5.87. The average molecular weight is 185 g/mol. The molecule has 0 aliphatic carbocycles. The molecule has 0 aromatic rings. The first-order valence-electron chi connectivity index (χ1n) is 5.23. The van der Waals surface area contributed by atoms with E-state index in [2.05, 4.69) is 32.6 Å². The molecule has 0 bridgehead atoms. The number of hydrogen-bond acceptors (Lipinski definition) is 2. The van der Waals surface area contributed by atoms with Crippen molar-refractivity contribution in [3.8, 4) is 0 Å². The highest BCUT2D eigenvalue weighted by Gasteiger charge is 2.34. The first kappa shape index (κ1) is 11.0. The van der Waals surface area contributed by atoms with Gasteiger partial charge >= 0.3 is 0 Å². The largest absolute Gasteiger partial charge is 0.396 e. The summed E-state index contributed by atoms with van der Waals surface area (Å²) in [7, 11) is 0. The molecule has 2 heteroatoms. The Morgan fingerprint density at radius 1 is 1.38 bits per heavy atom. The van der Waals surface area contributed by atoms with E-state index in [9.17, 15) is 5.11 Å². The fraction of sp³-hybridized carbons (Fsp3) is 1.00. The second-order valence-corrected chi connectivity index (χ2v) is 5.66. The minimum Gasteiger partial charge on any atom is -0.396 e. The Morgan fingerprint density at radius 2 is 2.00 bits per heavy atom. The molecule has 0 spiro atoms. The van der Waals surface area contributed by atoms with Gasteiger partial charge in [0.1, 0.15) is 0 Å². The van der Waals surface area contributed by atoms with Crippen molar-refractivity contribution < 1.29 is 5.11 Å². The Labute approximate surface area is 81.9 Å². The fourth-order valence-electron chi connectivity index (χ4n) is 2.02. The van der Waals surface area contributed by atoms with Crippen LogP contribution in [-0.4, -0.2) is 35.2 Å². The molecule has 0 aromatic carbocycles. The van der Waals surface area contributed by atoms with Crippen LogP contribution in [-0.2, 0) is 0 Å². The van der Waals surface area contributed by atoms with Gasteiger partial charge in [-0.2, -0.15) is 0 Å². The number of aliphatic hydroxyl groups excluding tert-OH is 1. The van der Waals surface area contributed by atoms with Crippen molar-refractivity contribution in [2.75, 3.05) is 19.7 Å². The summed E-state index contributed by atoms with van der Waals surface area (Å²) in [4.78, 5) is 2.50. The molecule has 1 aliphatic rings. The Bertz CT molecular complexity index is 175. The molecule has 1 N–H and O–H groups in total. The second-order valence-electron chi connectivity index (χ2n) is 5.66. The molecule has 0 aromatic heterocycles. The molecule has 1 aliphatic heterocycles. The molecule has 1 rings (SSSR count). The summed E-state index contributed by atoms with van der Waals surface area (Å²) in [5.41, 5.74) is 0.383. The van der Waals surface area contributed by atoms with Gasteiger partial charge in [0.25, 0.3) is 0 Å². The van der Waals surface area contributed by atoms with Gasteiger partial charge < -0.3 is 5.11 Å². The summed E-state index contributed by atoms with van der Waals surface area (Å²) in [5.74, 6) is 0. The Kier molecular flexibility index (Phi) is 3.03. The maximum absolute atomic E-state index is 9.20. The predicted molar refractivity (Wildman–Crippen MR) is 55.8 cm³/mol.